The van der Waals surface area contributed by atoms with E-state index in [-0.39, 0.29) is 12.5 Å². The van der Waals surface area contributed by atoms with Gasteiger partial charge in [-0.2, -0.15) is 5.26 Å². The summed E-state index contributed by atoms with van der Waals surface area (Å²) in [5, 5.41) is 9.37. The first-order valence-corrected chi connectivity index (χ1v) is 9.33. The van der Waals surface area contributed by atoms with Crippen molar-refractivity contribution < 1.29 is 14.3 Å². The van der Waals surface area contributed by atoms with E-state index in [9.17, 15) is 14.9 Å². The highest BCUT2D eigenvalue weighted by atomic mass is 16.5. The molecule has 4 rings (SSSR count). The lowest BCUT2D eigenvalue weighted by Crippen LogP contribution is -2.33. The normalized spacial score (nSPS) is 12.2. The molecule has 3 aromatic carbocycles. The summed E-state index contributed by atoms with van der Waals surface area (Å²) < 4.78 is 5.34. The van der Waals surface area contributed by atoms with Crippen LogP contribution < -0.4 is 4.90 Å². The van der Waals surface area contributed by atoms with Gasteiger partial charge in [0.15, 0.2) is 6.61 Å². The van der Waals surface area contributed by atoms with Gasteiger partial charge in [0, 0.05) is 17.8 Å². The Labute approximate surface area is 168 Å². The van der Waals surface area contributed by atoms with Gasteiger partial charge in [0.25, 0.3) is 5.91 Å². The van der Waals surface area contributed by atoms with Gasteiger partial charge < -0.3 is 9.64 Å². The Bertz CT molecular complexity index is 1130. The first-order valence-electron chi connectivity index (χ1n) is 9.33. The molecule has 0 unspecified atom stereocenters. The van der Waals surface area contributed by atoms with E-state index in [0.29, 0.717) is 28.8 Å². The third-order valence-electron chi connectivity index (χ3n) is 5.00. The van der Waals surface area contributed by atoms with Crippen LogP contribution in [0.4, 0.5) is 5.69 Å². The van der Waals surface area contributed by atoms with Crippen LogP contribution >= 0.6 is 0 Å². The van der Waals surface area contributed by atoms with Gasteiger partial charge in [0.2, 0.25) is 0 Å². The number of nitrogens with zero attached hydrogens (tertiary/aromatic N) is 2. The number of anilines is 1. The topological polar surface area (TPSA) is 70.4 Å². The average Bonchev–Trinajstić information content (AvgIpc) is 3.21. The Balaban J connectivity index is 1.52. The highest BCUT2D eigenvalue weighted by Gasteiger charge is 2.25. The van der Waals surface area contributed by atoms with E-state index < -0.39 is 5.97 Å². The number of amides is 1. The summed E-state index contributed by atoms with van der Waals surface area (Å²) in [7, 11) is 0. The van der Waals surface area contributed by atoms with Crippen molar-refractivity contribution in [2.45, 2.75) is 6.42 Å². The second-order valence-corrected chi connectivity index (χ2v) is 6.70. The number of para-hydroxylation sites is 1. The fraction of sp³-hybridized carbons (Fsp3) is 0.125. The molecule has 1 amide bonds. The standard InChI is InChI=1S/C24H18N2O3/c25-15-18-8-1-3-9-19(18)20-10-4-5-11-21(20)24(28)29-16-23(27)26-14-13-17-7-2-6-12-22(17)26/h1-12H,13-14,16H2. The van der Waals surface area contributed by atoms with Gasteiger partial charge in [-0.1, -0.05) is 54.6 Å². The molecule has 0 fully saturated rings. The zero-order chi connectivity index (χ0) is 20.2. The number of fused-ring (bicyclic) bond motifs is 1. The monoisotopic (exact) mass is 382 g/mol. The van der Waals surface area contributed by atoms with Crippen molar-refractivity contribution in [1.29, 1.82) is 5.26 Å². The number of benzene rings is 3. The predicted octanol–water partition coefficient (Wildman–Crippen LogP) is 3.97. The van der Waals surface area contributed by atoms with Crippen LogP contribution in [0.5, 0.6) is 0 Å². The van der Waals surface area contributed by atoms with E-state index in [2.05, 4.69) is 6.07 Å². The van der Waals surface area contributed by atoms with Gasteiger partial charge in [0.05, 0.1) is 17.2 Å². The van der Waals surface area contributed by atoms with Crippen molar-refractivity contribution in [3.63, 3.8) is 0 Å². The molecule has 5 heteroatoms. The Kier molecular flexibility index (Phi) is 5.08. The average molecular weight is 382 g/mol. The van der Waals surface area contributed by atoms with Crippen LogP contribution in [0.2, 0.25) is 0 Å². The molecule has 5 nitrogen and oxygen atoms in total. The summed E-state index contributed by atoms with van der Waals surface area (Å²) in [6.45, 7) is 0.253. The molecule has 0 spiro atoms. The molecule has 0 aromatic heterocycles. The van der Waals surface area contributed by atoms with Gasteiger partial charge in [-0.05, 0) is 35.7 Å². The number of hydrogen-bond donors (Lipinski definition) is 0. The Morgan fingerprint density at radius 3 is 2.45 bits per heavy atom. The molecule has 0 aliphatic carbocycles. The lowest BCUT2D eigenvalue weighted by Gasteiger charge is -2.17. The summed E-state index contributed by atoms with van der Waals surface area (Å²) in [5.74, 6) is -0.840. The minimum Gasteiger partial charge on any atom is -0.452 e. The van der Waals surface area contributed by atoms with E-state index in [0.717, 1.165) is 17.7 Å². The summed E-state index contributed by atoms with van der Waals surface area (Å²) in [5.41, 5.74) is 4.04. The molecule has 0 saturated carbocycles. The van der Waals surface area contributed by atoms with Crippen molar-refractivity contribution in [1.82, 2.24) is 0 Å². The molecular weight excluding hydrogens is 364 g/mol. The van der Waals surface area contributed by atoms with Crippen molar-refractivity contribution in [2.24, 2.45) is 0 Å². The number of hydrogen-bond acceptors (Lipinski definition) is 4. The largest absolute Gasteiger partial charge is 0.452 e. The SMILES string of the molecule is N#Cc1ccccc1-c1ccccc1C(=O)OCC(=O)N1CCc2ccccc21. The summed E-state index contributed by atoms with van der Waals surface area (Å²) in [4.78, 5) is 27.0. The smallest absolute Gasteiger partial charge is 0.339 e. The van der Waals surface area contributed by atoms with Crippen molar-refractivity contribution in [2.75, 3.05) is 18.1 Å². The molecule has 1 aliphatic heterocycles. The molecule has 0 saturated heterocycles. The summed E-state index contributed by atoms with van der Waals surface area (Å²) in [6, 6.07) is 23.9. The molecule has 0 radical (unpaired) electrons. The third-order valence-corrected chi connectivity index (χ3v) is 5.00. The van der Waals surface area contributed by atoms with Gasteiger partial charge in [0.1, 0.15) is 0 Å². The lowest BCUT2D eigenvalue weighted by molar-refractivity contribution is -0.121. The van der Waals surface area contributed by atoms with Gasteiger partial charge >= 0.3 is 5.97 Å². The van der Waals surface area contributed by atoms with E-state index in [1.165, 1.54) is 0 Å². The zero-order valence-electron chi connectivity index (χ0n) is 15.7. The first kappa shape index (κ1) is 18.5. The quantitative estimate of drug-likeness (QED) is 0.640. The number of rotatable bonds is 4. The predicted molar refractivity (Wildman–Crippen MR) is 109 cm³/mol. The minimum absolute atomic E-state index is 0.252. The highest BCUT2D eigenvalue weighted by Crippen LogP contribution is 2.29. The van der Waals surface area contributed by atoms with Crippen LogP contribution in [0.3, 0.4) is 0 Å². The van der Waals surface area contributed by atoms with E-state index >= 15 is 0 Å². The number of nitriles is 1. The van der Waals surface area contributed by atoms with E-state index in [1.807, 2.05) is 30.3 Å². The lowest BCUT2D eigenvalue weighted by atomic mass is 9.96. The van der Waals surface area contributed by atoms with E-state index in [1.54, 1.807) is 47.4 Å². The Morgan fingerprint density at radius 2 is 1.62 bits per heavy atom. The van der Waals surface area contributed by atoms with E-state index in [4.69, 9.17) is 4.74 Å². The fourth-order valence-electron chi connectivity index (χ4n) is 3.59. The third kappa shape index (κ3) is 3.61. The van der Waals surface area contributed by atoms with Gasteiger partial charge in [-0.15, -0.1) is 0 Å². The molecular formula is C24H18N2O3. The zero-order valence-corrected chi connectivity index (χ0v) is 15.7. The Hall–Kier alpha value is -3.91. The van der Waals surface area contributed by atoms with Crippen molar-refractivity contribution >= 4 is 17.6 Å². The molecule has 29 heavy (non-hydrogen) atoms. The van der Waals surface area contributed by atoms with Crippen LogP contribution in [0.25, 0.3) is 11.1 Å². The maximum absolute atomic E-state index is 12.7. The van der Waals surface area contributed by atoms with Crippen LogP contribution in [0.1, 0.15) is 21.5 Å². The maximum atomic E-state index is 12.7. The molecule has 3 aromatic rings. The van der Waals surface area contributed by atoms with Crippen molar-refractivity contribution in [3.05, 3.63) is 89.5 Å². The molecule has 1 aliphatic rings. The van der Waals surface area contributed by atoms with Gasteiger partial charge in [-0.3, -0.25) is 4.79 Å². The summed E-state index contributed by atoms with van der Waals surface area (Å²) in [6.07, 6.45) is 0.795. The maximum Gasteiger partial charge on any atom is 0.339 e. The molecule has 0 N–H and O–H groups in total. The van der Waals surface area contributed by atoms with Crippen LogP contribution in [-0.2, 0) is 16.0 Å². The summed E-state index contributed by atoms with van der Waals surface area (Å²) >= 11 is 0. The number of carbonyl (C=O) groups excluding carboxylic acids is 2. The fourth-order valence-corrected chi connectivity index (χ4v) is 3.59. The van der Waals surface area contributed by atoms with Gasteiger partial charge in [-0.25, -0.2) is 4.79 Å². The van der Waals surface area contributed by atoms with Crippen LogP contribution in [0, 0.1) is 11.3 Å². The molecule has 0 bridgehead atoms. The number of carbonyl (C=O) groups is 2. The number of esters is 1. The molecule has 0 atom stereocenters. The van der Waals surface area contributed by atoms with Crippen LogP contribution in [-0.4, -0.2) is 25.0 Å². The Morgan fingerprint density at radius 1 is 0.931 bits per heavy atom. The molecule has 1 heterocycles. The second-order valence-electron chi connectivity index (χ2n) is 6.70. The van der Waals surface area contributed by atoms with Crippen LogP contribution in [0.15, 0.2) is 72.8 Å². The number of ether oxygens (including phenoxy) is 1. The minimum atomic E-state index is -0.589. The van der Waals surface area contributed by atoms with Crippen molar-refractivity contribution in [3.8, 4) is 17.2 Å². The first-order chi connectivity index (χ1) is 14.2. The highest BCUT2D eigenvalue weighted by molar-refractivity contribution is 6.01. The molecule has 142 valence electrons. The second kappa shape index (κ2) is 7.99.